The molecule has 1 N–H and O–H groups in total. The number of amides is 3. The maximum atomic E-state index is 14.2. The van der Waals surface area contributed by atoms with Crippen LogP contribution in [0.1, 0.15) is 22.8 Å². The highest BCUT2D eigenvalue weighted by molar-refractivity contribution is 5.98. The summed E-state index contributed by atoms with van der Waals surface area (Å²) in [5, 5.41) is 6.85. The number of rotatable bonds is 5. The number of hydrogen-bond acceptors (Lipinski definition) is 3. The average Bonchev–Trinajstić information content (AvgIpc) is 3.23. The normalized spacial score (nSPS) is 13.9. The lowest BCUT2D eigenvalue weighted by Gasteiger charge is -2.19. The number of nitrogens with zero attached hydrogens (tertiary/aromatic N) is 4. The average molecular weight is 345 g/mol. The smallest absolute Gasteiger partial charge is 0.321 e. The van der Waals surface area contributed by atoms with Gasteiger partial charge in [0.2, 0.25) is 0 Å². The van der Waals surface area contributed by atoms with Gasteiger partial charge in [0.15, 0.2) is 0 Å². The monoisotopic (exact) mass is 345 g/mol. The number of halogens is 1. The fourth-order valence-electron chi connectivity index (χ4n) is 2.78. The minimum Gasteiger partial charge on any atom is -0.337 e. The molecule has 25 heavy (non-hydrogen) atoms. The standard InChI is InChI=1S/C17H20FN5O2/c1-3-22-11-12(9-20-22)10-21(2)16(24)14-8-13(4-5-15(14)18)23-7-6-19-17(23)25/h4-5,8-9,11H,3,6-7,10H2,1-2H3,(H,19,25). The van der Waals surface area contributed by atoms with Gasteiger partial charge >= 0.3 is 6.03 Å². The lowest BCUT2D eigenvalue weighted by atomic mass is 10.1. The van der Waals surface area contributed by atoms with Crippen LogP contribution in [0.2, 0.25) is 0 Å². The molecule has 0 spiro atoms. The third-order valence-corrected chi connectivity index (χ3v) is 4.13. The minimum absolute atomic E-state index is 0.0532. The number of aromatic nitrogens is 2. The van der Waals surface area contributed by atoms with E-state index in [0.717, 1.165) is 12.1 Å². The van der Waals surface area contributed by atoms with Crippen LogP contribution in [-0.4, -0.2) is 46.8 Å². The highest BCUT2D eigenvalue weighted by Crippen LogP contribution is 2.22. The summed E-state index contributed by atoms with van der Waals surface area (Å²) >= 11 is 0. The SMILES string of the molecule is CCn1cc(CN(C)C(=O)c2cc(N3CCNC3=O)ccc2F)cn1. The van der Waals surface area contributed by atoms with Crippen LogP contribution in [0, 0.1) is 5.82 Å². The number of carbonyl (C=O) groups excluding carboxylic acids is 2. The molecule has 0 unspecified atom stereocenters. The van der Waals surface area contributed by atoms with E-state index < -0.39 is 11.7 Å². The van der Waals surface area contributed by atoms with Gasteiger partial charge in [-0.2, -0.15) is 5.10 Å². The fourth-order valence-corrected chi connectivity index (χ4v) is 2.78. The van der Waals surface area contributed by atoms with E-state index in [1.165, 1.54) is 28.0 Å². The summed E-state index contributed by atoms with van der Waals surface area (Å²) in [5.74, 6) is -1.05. The van der Waals surface area contributed by atoms with E-state index in [0.29, 0.717) is 25.3 Å². The van der Waals surface area contributed by atoms with Crippen molar-refractivity contribution in [2.45, 2.75) is 20.0 Å². The Balaban J connectivity index is 1.79. The highest BCUT2D eigenvalue weighted by Gasteiger charge is 2.24. The van der Waals surface area contributed by atoms with Crippen LogP contribution in [0.15, 0.2) is 30.6 Å². The van der Waals surface area contributed by atoms with Crippen molar-refractivity contribution in [3.63, 3.8) is 0 Å². The molecule has 1 aliphatic heterocycles. The maximum absolute atomic E-state index is 14.2. The molecule has 2 heterocycles. The molecular weight excluding hydrogens is 325 g/mol. The van der Waals surface area contributed by atoms with Gasteiger partial charge < -0.3 is 10.2 Å². The third kappa shape index (κ3) is 3.47. The topological polar surface area (TPSA) is 70.5 Å². The second-order valence-corrected chi connectivity index (χ2v) is 5.91. The zero-order chi connectivity index (χ0) is 18.0. The lowest BCUT2D eigenvalue weighted by Crippen LogP contribution is -2.29. The van der Waals surface area contributed by atoms with Crippen LogP contribution in [0.4, 0.5) is 14.9 Å². The zero-order valence-corrected chi connectivity index (χ0v) is 14.2. The summed E-state index contributed by atoms with van der Waals surface area (Å²) in [5.41, 5.74) is 1.32. The molecule has 1 saturated heterocycles. The van der Waals surface area contributed by atoms with Gasteiger partial charge in [-0.05, 0) is 25.1 Å². The molecule has 1 fully saturated rings. The second kappa shape index (κ2) is 6.92. The van der Waals surface area contributed by atoms with E-state index in [-0.39, 0.29) is 11.6 Å². The predicted octanol–water partition coefficient (Wildman–Crippen LogP) is 1.84. The van der Waals surface area contributed by atoms with Crippen molar-refractivity contribution in [2.24, 2.45) is 0 Å². The molecule has 0 radical (unpaired) electrons. The first-order valence-electron chi connectivity index (χ1n) is 8.11. The van der Waals surface area contributed by atoms with Gasteiger partial charge in [-0.25, -0.2) is 9.18 Å². The Morgan fingerprint density at radius 1 is 1.44 bits per heavy atom. The first kappa shape index (κ1) is 16.9. The van der Waals surface area contributed by atoms with E-state index in [1.807, 2.05) is 13.1 Å². The van der Waals surface area contributed by atoms with Crippen LogP contribution >= 0.6 is 0 Å². The van der Waals surface area contributed by atoms with Gasteiger partial charge in [-0.15, -0.1) is 0 Å². The Bertz CT molecular complexity index is 804. The molecule has 8 heteroatoms. The zero-order valence-electron chi connectivity index (χ0n) is 14.2. The Labute approximate surface area is 145 Å². The summed E-state index contributed by atoms with van der Waals surface area (Å²) in [4.78, 5) is 27.3. The fraction of sp³-hybridized carbons (Fsp3) is 0.353. The van der Waals surface area contributed by atoms with E-state index in [1.54, 1.807) is 17.9 Å². The summed E-state index contributed by atoms with van der Waals surface area (Å²) in [6, 6.07) is 3.90. The number of benzene rings is 1. The Hall–Kier alpha value is -2.90. The molecule has 0 bridgehead atoms. The Morgan fingerprint density at radius 3 is 2.88 bits per heavy atom. The number of anilines is 1. The van der Waals surface area contributed by atoms with E-state index in [9.17, 15) is 14.0 Å². The van der Waals surface area contributed by atoms with Crippen molar-refractivity contribution in [1.82, 2.24) is 20.0 Å². The van der Waals surface area contributed by atoms with Crippen LogP contribution < -0.4 is 10.2 Å². The van der Waals surface area contributed by atoms with Gasteiger partial charge in [-0.1, -0.05) is 0 Å². The van der Waals surface area contributed by atoms with Crippen molar-refractivity contribution < 1.29 is 14.0 Å². The predicted molar refractivity (Wildman–Crippen MR) is 90.8 cm³/mol. The molecule has 2 aromatic rings. The van der Waals surface area contributed by atoms with E-state index >= 15 is 0 Å². The lowest BCUT2D eigenvalue weighted by molar-refractivity contribution is 0.0780. The molecule has 3 amide bonds. The molecule has 1 aliphatic rings. The number of urea groups is 1. The van der Waals surface area contributed by atoms with Crippen LogP contribution in [0.5, 0.6) is 0 Å². The first-order chi connectivity index (χ1) is 12.0. The van der Waals surface area contributed by atoms with Crippen LogP contribution in [0.3, 0.4) is 0 Å². The number of nitrogens with one attached hydrogen (secondary N) is 1. The Morgan fingerprint density at radius 2 is 2.24 bits per heavy atom. The van der Waals surface area contributed by atoms with Crippen molar-refractivity contribution >= 4 is 17.6 Å². The second-order valence-electron chi connectivity index (χ2n) is 5.91. The quantitative estimate of drug-likeness (QED) is 0.899. The molecule has 3 rings (SSSR count). The number of aryl methyl sites for hydroxylation is 1. The molecule has 0 saturated carbocycles. The molecule has 7 nitrogen and oxygen atoms in total. The highest BCUT2D eigenvalue weighted by atomic mass is 19.1. The summed E-state index contributed by atoms with van der Waals surface area (Å²) in [6.07, 6.45) is 3.54. The van der Waals surface area contributed by atoms with E-state index in [4.69, 9.17) is 0 Å². The Kier molecular flexibility index (Phi) is 4.69. The van der Waals surface area contributed by atoms with Crippen LogP contribution in [0.25, 0.3) is 0 Å². The largest absolute Gasteiger partial charge is 0.337 e. The summed E-state index contributed by atoms with van der Waals surface area (Å²) in [7, 11) is 1.61. The first-order valence-corrected chi connectivity index (χ1v) is 8.11. The maximum Gasteiger partial charge on any atom is 0.321 e. The van der Waals surface area contributed by atoms with Gasteiger partial charge in [0.25, 0.3) is 5.91 Å². The minimum atomic E-state index is -0.607. The van der Waals surface area contributed by atoms with Crippen molar-refractivity contribution in [2.75, 3.05) is 25.0 Å². The van der Waals surface area contributed by atoms with Gasteiger partial charge in [0.1, 0.15) is 5.82 Å². The molecule has 0 aliphatic carbocycles. The van der Waals surface area contributed by atoms with Gasteiger partial charge in [0.05, 0.1) is 11.8 Å². The molecule has 1 aromatic carbocycles. The molecular formula is C17H20FN5O2. The summed E-state index contributed by atoms with van der Waals surface area (Å²) < 4.78 is 15.9. The third-order valence-electron chi connectivity index (χ3n) is 4.13. The van der Waals surface area contributed by atoms with Gasteiger partial charge in [-0.3, -0.25) is 14.4 Å². The van der Waals surface area contributed by atoms with Crippen molar-refractivity contribution in [1.29, 1.82) is 0 Å². The van der Waals surface area contributed by atoms with Crippen LogP contribution in [-0.2, 0) is 13.1 Å². The van der Waals surface area contributed by atoms with E-state index in [2.05, 4.69) is 10.4 Å². The summed E-state index contributed by atoms with van der Waals surface area (Å²) in [6.45, 7) is 4.06. The molecule has 0 atom stereocenters. The molecule has 132 valence electrons. The molecule has 1 aromatic heterocycles. The van der Waals surface area contributed by atoms with Crippen molar-refractivity contribution in [3.05, 3.63) is 47.5 Å². The van der Waals surface area contributed by atoms with Crippen molar-refractivity contribution in [3.8, 4) is 0 Å². The number of carbonyl (C=O) groups is 2. The van der Waals surface area contributed by atoms with Gasteiger partial charge in [0, 0.05) is 50.7 Å². The number of hydrogen-bond donors (Lipinski definition) is 1.